The highest BCUT2D eigenvalue weighted by Gasteiger charge is 2.10. The van der Waals surface area contributed by atoms with Crippen molar-refractivity contribution in [2.24, 2.45) is 0 Å². The van der Waals surface area contributed by atoms with E-state index in [4.69, 9.17) is 5.11 Å². The van der Waals surface area contributed by atoms with Gasteiger partial charge in [0.2, 0.25) is 0 Å². The highest BCUT2D eigenvalue weighted by molar-refractivity contribution is 9.10. The minimum Gasteiger partial charge on any atom is -0.481 e. The third-order valence-electron chi connectivity index (χ3n) is 1.87. The first-order chi connectivity index (χ1) is 7.49. The van der Waals surface area contributed by atoms with Crippen LogP contribution in [0.4, 0.5) is 10.1 Å². The molecule has 0 aliphatic rings. The van der Waals surface area contributed by atoms with Gasteiger partial charge in [-0.3, -0.25) is 4.79 Å². The molecule has 0 radical (unpaired) electrons. The Balaban J connectivity index is 2.54. The molecule has 4 nitrogen and oxygen atoms in total. The molecule has 1 aromatic carbocycles. The van der Waals surface area contributed by atoms with Gasteiger partial charge in [0.15, 0.2) is 0 Å². The van der Waals surface area contributed by atoms with E-state index in [1.165, 1.54) is 18.2 Å². The molecule has 0 fully saturated rings. The molecule has 0 aromatic heterocycles. The number of carboxylic acids is 1. The maximum absolute atomic E-state index is 12.9. The second kappa shape index (κ2) is 5.81. The molecule has 88 valence electrons. The van der Waals surface area contributed by atoms with Crippen LogP contribution in [0.25, 0.3) is 0 Å². The minimum atomic E-state index is -1.08. The van der Waals surface area contributed by atoms with Crippen LogP contribution in [0.1, 0.15) is 6.42 Å². The van der Waals surface area contributed by atoms with Crippen molar-refractivity contribution >= 4 is 27.6 Å². The van der Waals surface area contributed by atoms with Crippen LogP contribution in [0, 0.1) is 5.82 Å². The van der Waals surface area contributed by atoms with Gasteiger partial charge in [-0.2, -0.15) is 0 Å². The Labute approximate surface area is 100 Å². The van der Waals surface area contributed by atoms with Gasteiger partial charge in [0.1, 0.15) is 5.82 Å². The van der Waals surface area contributed by atoms with E-state index in [1.807, 2.05) is 0 Å². The first-order valence-corrected chi connectivity index (χ1v) is 5.37. The number of anilines is 1. The number of hydrogen-bond donors (Lipinski definition) is 3. The maximum atomic E-state index is 12.9. The van der Waals surface area contributed by atoms with Gasteiger partial charge in [-0.1, -0.05) is 0 Å². The van der Waals surface area contributed by atoms with E-state index in [-0.39, 0.29) is 13.0 Å². The number of carboxylic acid groups (broad SMARTS) is 1. The minimum absolute atomic E-state index is 0.0500. The molecule has 0 saturated carbocycles. The molecule has 0 aliphatic carbocycles. The second-order valence-corrected chi connectivity index (χ2v) is 4.11. The zero-order valence-electron chi connectivity index (χ0n) is 8.28. The van der Waals surface area contributed by atoms with E-state index in [1.54, 1.807) is 0 Å². The lowest BCUT2D eigenvalue weighted by Gasteiger charge is -2.12. The van der Waals surface area contributed by atoms with Crippen LogP contribution in [0.5, 0.6) is 0 Å². The number of aliphatic hydroxyl groups excluding tert-OH is 1. The number of halogens is 2. The lowest BCUT2D eigenvalue weighted by Crippen LogP contribution is -2.22. The quantitative estimate of drug-likeness (QED) is 0.774. The van der Waals surface area contributed by atoms with Gasteiger partial charge in [0.25, 0.3) is 0 Å². The summed E-state index contributed by atoms with van der Waals surface area (Å²) in [5.74, 6) is -1.48. The zero-order valence-corrected chi connectivity index (χ0v) is 9.87. The maximum Gasteiger partial charge on any atom is 0.306 e. The summed E-state index contributed by atoms with van der Waals surface area (Å²) in [6.07, 6.45) is -1.35. The Morgan fingerprint density at radius 2 is 2.25 bits per heavy atom. The standard InChI is InChI=1S/C10H11BrFNO3/c11-8-2-1-6(12)3-9(8)13-5-7(14)4-10(15)16/h1-3,7,13-14H,4-5H2,(H,15,16). The molecule has 0 aliphatic heterocycles. The third kappa shape index (κ3) is 4.16. The Morgan fingerprint density at radius 1 is 1.56 bits per heavy atom. The fourth-order valence-corrected chi connectivity index (χ4v) is 1.52. The van der Waals surface area contributed by atoms with Crippen LogP contribution in [-0.4, -0.2) is 28.8 Å². The Bertz CT molecular complexity index is 386. The monoisotopic (exact) mass is 291 g/mol. The molecule has 1 unspecified atom stereocenters. The van der Waals surface area contributed by atoms with Crippen molar-refractivity contribution in [2.45, 2.75) is 12.5 Å². The molecule has 0 amide bonds. The summed E-state index contributed by atoms with van der Waals surface area (Å²) >= 11 is 3.20. The molecule has 3 N–H and O–H groups in total. The molecule has 0 heterocycles. The fraction of sp³-hybridized carbons (Fsp3) is 0.300. The van der Waals surface area contributed by atoms with Crippen molar-refractivity contribution in [1.29, 1.82) is 0 Å². The molecule has 1 atom stereocenters. The Hall–Kier alpha value is -1.14. The predicted molar refractivity (Wildman–Crippen MR) is 60.8 cm³/mol. The normalized spacial score (nSPS) is 12.2. The van der Waals surface area contributed by atoms with Crippen LogP contribution < -0.4 is 5.32 Å². The van der Waals surface area contributed by atoms with Crippen LogP contribution in [0.2, 0.25) is 0 Å². The Kier molecular flexibility index (Phi) is 4.70. The first kappa shape index (κ1) is 12.9. The van der Waals surface area contributed by atoms with Crippen molar-refractivity contribution in [2.75, 3.05) is 11.9 Å². The fourth-order valence-electron chi connectivity index (χ4n) is 1.13. The molecule has 1 rings (SSSR count). The highest BCUT2D eigenvalue weighted by Crippen LogP contribution is 2.22. The van der Waals surface area contributed by atoms with Crippen LogP contribution in [0.15, 0.2) is 22.7 Å². The molecule has 0 saturated heterocycles. The Morgan fingerprint density at radius 3 is 2.88 bits per heavy atom. The van der Waals surface area contributed by atoms with Crippen molar-refractivity contribution in [3.05, 3.63) is 28.5 Å². The van der Waals surface area contributed by atoms with E-state index < -0.39 is 17.9 Å². The van der Waals surface area contributed by atoms with Crippen molar-refractivity contribution in [1.82, 2.24) is 0 Å². The van der Waals surface area contributed by atoms with E-state index in [2.05, 4.69) is 21.2 Å². The summed E-state index contributed by atoms with van der Waals surface area (Å²) in [6.45, 7) is 0.0500. The molecule has 6 heteroatoms. The average molecular weight is 292 g/mol. The van der Waals surface area contributed by atoms with Gasteiger partial charge in [0, 0.05) is 11.0 Å². The molecule has 0 spiro atoms. The predicted octanol–water partition coefficient (Wildman–Crippen LogP) is 1.84. The lowest BCUT2D eigenvalue weighted by molar-refractivity contribution is -0.138. The number of carbonyl (C=O) groups is 1. The number of benzene rings is 1. The third-order valence-corrected chi connectivity index (χ3v) is 2.56. The van der Waals surface area contributed by atoms with Gasteiger partial charge >= 0.3 is 5.97 Å². The van der Waals surface area contributed by atoms with Gasteiger partial charge in [0.05, 0.1) is 18.2 Å². The van der Waals surface area contributed by atoms with Crippen LogP contribution in [0.3, 0.4) is 0 Å². The average Bonchev–Trinajstić information content (AvgIpc) is 2.18. The topological polar surface area (TPSA) is 69.6 Å². The smallest absolute Gasteiger partial charge is 0.306 e. The number of aliphatic hydroxyl groups is 1. The van der Waals surface area contributed by atoms with Crippen LogP contribution in [-0.2, 0) is 4.79 Å². The number of aliphatic carboxylic acids is 1. The van der Waals surface area contributed by atoms with E-state index in [0.717, 1.165) is 0 Å². The lowest BCUT2D eigenvalue weighted by atomic mass is 10.2. The van der Waals surface area contributed by atoms with Gasteiger partial charge in [-0.15, -0.1) is 0 Å². The molecular weight excluding hydrogens is 281 g/mol. The van der Waals surface area contributed by atoms with Gasteiger partial charge in [-0.25, -0.2) is 4.39 Å². The van der Waals surface area contributed by atoms with E-state index in [9.17, 15) is 14.3 Å². The number of nitrogens with one attached hydrogen (secondary N) is 1. The highest BCUT2D eigenvalue weighted by atomic mass is 79.9. The van der Waals surface area contributed by atoms with Crippen LogP contribution >= 0.6 is 15.9 Å². The molecule has 0 bridgehead atoms. The summed E-state index contributed by atoms with van der Waals surface area (Å²) < 4.78 is 13.5. The molecule has 1 aromatic rings. The number of rotatable bonds is 5. The second-order valence-electron chi connectivity index (χ2n) is 3.26. The number of hydrogen-bond acceptors (Lipinski definition) is 3. The summed E-state index contributed by atoms with van der Waals surface area (Å²) in [6, 6.07) is 4.09. The summed E-state index contributed by atoms with van der Waals surface area (Å²) in [4.78, 5) is 10.3. The van der Waals surface area contributed by atoms with Crippen molar-refractivity contribution < 1.29 is 19.4 Å². The summed E-state index contributed by atoms with van der Waals surface area (Å²) in [5.41, 5.74) is 0.476. The van der Waals surface area contributed by atoms with Crippen molar-refractivity contribution in [3.8, 4) is 0 Å². The van der Waals surface area contributed by atoms with E-state index in [0.29, 0.717) is 10.2 Å². The van der Waals surface area contributed by atoms with E-state index >= 15 is 0 Å². The zero-order chi connectivity index (χ0) is 12.1. The first-order valence-electron chi connectivity index (χ1n) is 4.58. The van der Waals surface area contributed by atoms with Crippen molar-refractivity contribution in [3.63, 3.8) is 0 Å². The van der Waals surface area contributed by atoms with Gasteiger partial charge < -0.3 is 15.5 Å². The summed E-state index contributed by atoms with van der Waals surface area (Å²) in [7, 11) is 0. The molecular formula is C10H11BrFNO3. The van der Waals surface area contributed by atoms with Gasteiger partial charge in [-0.05, 0) is 34.1 Å². The largest absolute Gasteiger partial charge is 0.481 e. The summed E-state index contributed by atoms with van der Waals surface area (Å²) in [5, 5.41) is 20.5. The SMILES string of the molecule is O=C(O)CC(O)CNc1cc(F)ccc1Br. The molecule has 16 heavy (non-hydrogen) atoms.